The summed E-state index contributed by atoms with van der Waals surface area (Å²) in [5, 5.41) is 13.5. The minimum atomic E-state index is -1.11. The molecule has 1 atom stereocenters. The number of fused-ring (bicyclic) bond motifs is 1. The number of nitrogens with one attached hydrogen (secondary N) is 1. The Morgan fingerprint density at radius 1 is 1.24 bits per heavy atom. The van der Waals surface area contributed by atoms with Crippen LogP contribution in [0.4, 0.5) is 0 Å². The molecule has 2 N–H and O–H groups in total. The fraction of sp³-hybridized carbons (Fsp3) is 0.111. The lowest BCUT2D eigenvalue weighted by Crippen LogP contribution is -2.33. The van der Waals surface area contributed by atoms with Crippen molar-refractivity contribution in [2.45, 2.75) is 13.0 Å². The zero-order valence-electron chi connectivity index (χ0n) is 13.0. The van der Waals surface area contributed by atoms with Gasteiger partial charge in [0.05, 0.1) is 9.90 Å². The summed E-state index contributed by atoms with van der Waals surface area (Å²) in [4.78, 5) is 24.6. The van der Waals surface area contributed by atoms with E-state index in [0.29, 0.717) is 15.5 Å². The third-order valence-corrected chi connectivity index (χ3v) is 6.21. The number of thiophene rings is 1. The number of aliphatic carboxylic acids is 1. The number of aryl methyl sites for hydroxylation is 1. The highest BCUT2D eigenvalue weighted by atomic mass is 79.9. The molecule has 0 spiro atoms. The van der Waals surface area contributed by atoms with Crippen LogP contribution in [0.2, 0.25) is 5.02 Å². The Labute approximate surface area is 161 Å². The van der Waals surface area contributed by atoms with E-state index in [1.165, 1.54) is 11.3 Å². The largest absolute Gasteiger partial charge is 0.479 e. The van der Waals surface area contributed by atoms with Crippen molar-refractivity contribution in [2.75, 3.05) is 0 Å². The maximum atomic E-state index is 12.6. The molecule has 0 saturated carbocycles. The normalized spacial score (nSPS) is 12.1. The van der Waals surface area contributed by atoms with Gasteiger partial charge < -0.3 is 10.4 Å². The highest BCUT2D eigenvalue weighted by molar-refractivity contribution is 9.10. The Balaban J connectivity index is 1.92. The van der Waals surface area contributed by atoms with Crippen molar-refractivity contribution in [3.05, 3.63) is 68.0 Å². The molecule has 1 unspecified atom stereocenters. The molecule has 2 aromatic carbocycles. The minimum absolute atomic E-state index is 0.428. The summed E-state index contributed by atoms with van der Waals surface area (Å²) in [7, 11) is 0. The van der Waals surface area contributed by atoms with Gasteiger partial charge in [0, 0.05) is 14.6 Å². The van der Waals surface area contributed by atoms with Crippen LogP contribution in [0, 0.1) is 6.92 Å². The van der Waals surface area contributed by atoms with E-state index in [4.69, 9.17) is 11.6 Å². The van der Waals surface area contributed by atoms with Crippen LogP contribution in [0.15, 0.2) is 46.9 Å². The molecule has 4 nitrogen and oxygen atoms in total. The summed E-state index contributed by atoms with van der Waals surface area (Å²) in [5.41, 5.74) is 1.46. The first kappa shape index (κ1) is 17.9. The van der Waals surface area contributed by atoms with Gasteiger partial charge in [-0.1, -0.05) is 41.4 Å². The first-order valence-corrected chi connectivity index (χ1v) is 9.33. The van der Waals surface area contributed by atoms with E-state index in [9.17, 15) is 14.7 Å². The van der Waals surface area contributed by atoms with E-state index in [0.717, 1.165) is 20.1 Å². The third-order valence-electron chi connectivity index (χ3n) is 3.71. The number of rotatable bonds is 4. The van der Waals surface area contributed by atoms with E-state index in [1.54, 1.807) is 30.3 Å². The van der Waals surface area contributed by atoms with Crippen molar-refractivity contribution >= 4 is 60.8 Å². The maximum absolute atomic E-state index is 12.6. The molecule has 25 heavy (non-hydrogen) atoms. The van der Waals surface area contributed by atoms with Gasteiger partial charge in [-0.05, 0) is 46.6 Å². The van der Waals surface area contributed by atoms with Gasteiger partial charge in [0.15, 0.2) is 6.04 Å². The summed E-state index contributed by atoms with van der Waals surface area (Å²) in [5.74, 6) is -1.54. The van der Waals surface area contributed by atoms with Crippen molar-refractivity contribution in [2.24, 2.45) is 0 Å². The van der Waals surface area contributed by atoms with Crippen molar-refractivity contribution in [3.8, 4) is 0 Å². The van der Waals surface area contributed by atoms with Gasteiger partial charge in [0.25, 0.3) is 5.91 Å². The predicted octanol–water partition coefficient (Wildman–Crippen LogP) is 5.18. The molecule has 0 aliphatic heterocycles. The van der Waals surface area contributed by atoms with Crippen LogP contribution in [0.1, 0.15) is 26.8 Å². The summed E-state index contributed by atoms with van der Waals surface area (Å²) in [6.45, 7) is 1.87. The topological polar surface area (TPSA) is 66.4 Å². The number of carbonyl (C=O) groups excluding carboxylic acids is 1. The SMILES string of the molecule is Cc1cccc(C(NC(=O)c2cc3c(Br)c(Cl)ccc3s2)C(=O)O)c1. The molecular formula is C18H13BrClNO3S. The number of carbonyl (C=O) groups is 2. The minimum Gasteiger partial charge on any atom is -0.479 e. The Morgan fingerprint density at radius 2 is 2.00 bits per heavy atom. The molecule has 0 aliphatic rings. The molecule has 128 valence electrons. The number of carboxylic acids is 1. The van der Waals surface area contributed by atoms with Crippen molar-refractivity contribution in [3.63, 3.8) is 0 Å². The van der Waals surface area contributed by atoms with Gasteiger partial charge in [-0.3, -0.25) is 4.79 Å². The number of hydrogen-bond donors (Lipinski definition) is 2. The molecule has 0 fully saturated rings. The van der Waals surface area contributed by atoms with Gasteiger partial charge in [-0.15, -0.1) is 11.3 Å². The molecule has 0 radical (unpaired) electrons. The van der Waals surface area contributed by atoms with Crippen LogP contribution >= 0.6 is 38.9 Å². The van der Waals surface area contributed by atoms with Gasteiger partial charge in [-0.25, -0.2) is 4.79 Å². The number of hydrogen-bond acceptors (Lipinski definition) is 3. The first-order chi connectivity index (χ1) is 11.9. The lowest BCUT2D eigenvalue weighted by Gasteiger charge is -2.14. The first-order valence-electron chi connectivity index (χ1n) is 7.34. The van der Waals surface area contributed by atoms with Crippen molar-refractivity contribution < 1.29 is 14.7 Å². The standard InChI is InChI=1S/C18H13BrClNO3S/c1-9-3-2-4-10(7-9)16(18(23)24)21-17(22)14-8-11-13(25-14)6-5-12(20)15(11)19/h2-8,16H,1H3,(H,21,22)(H,23,24). The molecule has 0 aliphatic carbocycles. The Morgan fingerprint density at radius 3 is 2.68 bits per heavy atom. The Hall–Kier alpha value is -1.89. The monoisotopic (exact) mass is 437 g/mol. The lowest BCUT2D eigenvalue weighted by molar-refractivity contribution is -0.139. The average Bonchev–Trinajstić information content (AvgIpc) is 3.00. The second kappa shape index (κ2) is 7.15. The molecule has 0 saturated heterocycles. The molecule has 7 heteroatoms. The maximum Gasteiger partial charge on any atom is 0.330 e. The van der Waals surface area contributed by atoms with E-state index >= 15 is 0 Å². The molecule has 1 aromatic heterocycles. The van der Waals surface area contributed by atoms with E-state index in [2.05, 4.69) is 21.2 Å². The smallest absolute Gasteiger partial charge is 0.330 e. The summed E-state index contributed by atoms with van der Waals surface area (Å²) >= 11 is 10.8. The molecule has 0 bridgehead atoms. The van der Waals surface area contributed by atoms with Gasteiger partial charge in [0.2, 0.25) is 0 Å². The predicted molar refractivity (Wildman–Crippen MR) is 104 cm³/mol. The molecule has 1 amide bonds. The zero-order chi connectivity index (χ0) is 18.1. The molecule has 1 heterocycles. The van der Waals surface area contributed by atoms with E-state index < -0.39 is 17.9 Å². The molecule has 3 rings (SSSR count). The van der Waals surface area contributed by atoms with Gasteiger partial charge in [0.1, 0.15) is 0 Å². The molecular weight excluding hydrogens is 426 g/mol. The van der Waals surface area contributed by atoms with Crippen molar-refractivity contribution in [1.82, 2.24) is 5.32 Å². The fourth-order valence-corrected chi connectivity index (χ4v) is 4.23. The second-order valence-corrected chi connectivity index (χ2v) is 7.83. The van der Waals surface area contributed by atoms with Crippen LogP contribution in [0.3, 0.4) is 0 Å². The van der Waals surface area contributed by atoms with Crippen LogP contribution in [-0.2, 0) is 4.79 Å². The Bertz CT molecular complexity index is 986. The van der Waals surface area contributed by atoms with Crippen molar-refractivity contribution in [1.29, 1.82) is 0 Å². The Kier molecular flexibility index (Phi) is 5.13. The third kappa shape index (κ3) is 3.71. The number of halogens is 2. The highest BCUT2D eigenvalue weighted by Crippen LogP contribution is 2.36. The van der Waals surface area contributed by atoms with Crippen LogP contribution in [0.25, 0.3) is 10.1 Å². The summed E-state index contributed by atoms with van der Waals surface area (Å²) < 4.78 is 1.61. The summed E-state index contributed by atoms with van der Waals surface area (Å²) in [6, 6.07) is 11.3. The quantitative estimate of drug-likeness (QED) is 0.590. The lowest BCUT2D eigenvalue weighted by atomic mass is 10.0. The number of amides is 1. The summed E-state index contributed by atoms with van der Waals surface area (Å²) in [6.07, 6.45) is 0. The fourth-order valence-electron chi connectivity index (χ4n) is 2.50. The van der Waals surface area contributed by atoms with Gasteiger partial charge in [-0.2, -0.15) is 0 Å². The number of benzene rings is 2. The average molecular weight is 439 g/mol. The second-order valence-electron chi connectivity index (χ2n) is 5.54. The zero-order valence-corrected chi connectivity index (χ0v) is 16.2. The highest BCUT2D eigenvalue weighted by Gasteiger charge is 2.24. The van der Waals surface area contributed by atoms with Crippen LogP contribution < -0.4 is 5.32 Å². The van der Waals surface area contributed by atoms with Gasteiger partial charge >= 0.3 is 5.97 Å². The van der Waals surface area contributed by atoms with Crippen LogP contribution in [-0.4, -0.2) is 17.0 Å². The molecule has 3 aromatic rings. The van der Waals surface area contributed by atoms with Crippen LogP contribution in [0.5, 0.6) is 0 Å². The van der Waals surface area contributed by atoms with E-state index in [-0.39, 0.29) is 0 Å². The van der Waals surface area contributed by atoms with E-state index in [1.807, 2.05) is 19.1 Å². The number of carboxylic acid groups (broad SMARTS) is 1.